The normalized spacial score (nSPS) is 31.6. The van der Waals surface area contributed by atoms with Crippen molar-refractivity contribution in [1.29, 1.82) is 0 Å². The van der Waals surface area contributed by atoms with Gasteiger partial charge in [-0.05, 0) is 12.8 Å². The van der Waals surface area contributed by atoms with Crippen molar-refractivity contribution in [2.75, 3.05) is 19.8 Å². The minimum absolute atomic E-state index is 0.0848. The summed E-state index contributed by atoms with van der Waals surface area (Å²) in [6.45, 7) is 1.41. The van der Waals surface area contributed by atoms with Gasteiger partial charge in [0.1, 0.15) is 36.6 Å². The van der Waals surface area contributed by atoms with Crippen LogP contribution in [0, 0.1) is 0 Å². The largest absolute Gasteiger partial charge is 0.452 e. The molecule has 2 fully saturated rings. The van der Waals surface area contributed by atoms with Crippen LogP contribution in [0.1, 0.15) is 142 Å². The molecule has 13 nitrogen and oxygen atoms in total. The first-order valence-corrected chi connectivity index (χ1v) is 18.9. The second-order valence-electron chi connectivity index (χ2n) is 13.9. The summed E-state index contributed by atoms with van der Waals surface area (Å²) in [5.41, 5.74) is -2.61. The van der Waals surface area contributed by atoms with E-state index in [1.54, 1.807) is 0 Å². The molecule has 0 aliphatic carbocycles. The van der Waals surface area contributed by atoms with E-state index in [0.29, 0.717) is 19.3 Å². The third-order valence-corrected chi connectivity index (χ3v) is 9.96. The van der Waals surface area contributed by atoms with Crippen LogP contribution in [0.15, 0.2) is 0 Å². The zero-order valence-corrected chi connectivity index (χ0v) is 29.9. The average Bonchev–Trinajstić information content (AvgIpc) is 3.36. The second-order valence-corrected chi connectivity index (χ2v) is 13.9. The number of ether oxygens (including phenoxy) is 4. The van der Waals surface area contributed by atoms with Crippen molar-refractivity contribution in [2.45, 2.75) is 196 Å². The summed E-state index contributed by atoms with van der Waals surface area (Å²) >= 11 is 0. The molecule has 2 saturated heterocycles. The van der Waals surface area contributed by atoms with Gasteiger partial charge in [0.2, 0.25) is 0 Å². The van der Waals surface area contributed by atoms with E-state index in [9.17, 15) is 45.3 Å². The van der Waals surface area contributed by atoms with Gasteiger partial charge >= 0.3 is 11.9 Å². The highest BCUT2D eigenvalue weighted by atomic mass is 16.8. The van der Waals surface area contributed by atoms with Gasteiger partial charge in [-0.3, -0.25) is 9.59 Å². The molecule has 9 atom stereocenters. The first kappa shape index (κ1) is 43.7. The molecule has 2 heterocycles. The van der Waals surface area contributed by atoms with E-state index >= 15 is 0 Å². The van der Waals surface area contributed by atoms with E-state index in [1.807, 2.05) is 0 Å². The summed E-state index contributed by atoms with van der Waals surface area (Å²) in [5, 5.41) is 74.9. The van der Waals surface area contributed by atoms with Gasteiger partial charge in [0.15, 0.2) is 11.7 Å². The lowest BCUT2D eigenvalue weighted by Crippen LogP contribution is -2.79. The summed E-state index contributed by atoms with van der Waals surface area (Å²) < 4.78 is 23.3. The standard InChI is InChI=1S/C36H66O13/c1-3-5-7-9-11-13-15-17-19-21-28(40)46-34-32(44)30(42)26(23-37)48-36(34,35(25-39)33(45)31(43)27(24-38)47-35)49-29(41)22-20-18-16-14-12-10-8-6-4-2/h26-27,30-34,37-39,42-45H,3-25H2,1-2H3/t26-,27-,30-,31-,32+,33+,34-,35+,36+/m1/s1. The van der Waals surface area contributed by atoms with Crippen molar-refractivity contribution in [3.8, 4) is 0 Å². The van der Waals surface area contributed by atoms with Crippen molar-refractivity contribution in [3.63, 3.8) is 0 Å². The van der Waals surface area contributed by atoms with Crippen molar-refractivity contribution < 1.29 is 64.3 Å². The molecule has 0 bridgehead atoms. The summed E-state index contributed by atoms with van der Waals surface area (Å²) in [7, 11) is 0. The highest BCUT2D eigenvalue weighted by Gasteiger charge is 2.76. The van der Waals surface area contributed by atoms with Crippen LogP contribution in [0.4, 0.5) is 0 Å². The number of carbonyl (C=O) groups excluding carboxylic acids is 2. The van der Waals surface area contributed by atoms with E-state index in [2.05, 4.69) is 13.8 Å². The quantitative estimate of drug-likeness (QED) is 0.0510. The Morgan fingerprint density at radius 1 is 0.571 bits per heavy atom. The first-order chi connectivity index (χ1) is 23.6. The van der Waals surface area contributed by atoms with Crippen LogP contribution < -0.4 is 0 Å². The fraction of sp³-hybridized carbons (Fsp3) is 0.944. The molecule has 0 aromatic carbocycles. The lowest BCUT2D eigenvalue weighted by Gasteiger charge is -2.55. The predicted molar refractivity (Wildman–Crippen MR) is 180 cm³/mol. The van der Waals surface area contributed by atoms with Gasteiger partial charge in [0.05, 0.1) is 19.8 Å². The zero-order valence-electron chi connectivity index (χ0n) is 29.9. The molecule has 0 unspecified atom stereocenters. The number of hydrogen-bond donors (Lipinski definition) is 7. The topological polar surface area (TPSA) is 213 Å². The molecule has 288 valence electrons. The number of hydrogen-bond acceptors (Lipinski definition) is 13. The monoisotopic (exact) mass is 706 g/mol. The average molecular weight is 707 g/mol. The van der Waals surface area contributed by atoms with E-state index in [1.165, 1.54) is 44.9 Å². The Kier molecular flexibility index (Phi) is 20.7. The Morgan fingerprint density at radius 2 is 1.00 bits per heavy atom. The number of esters is 2. The minimum Gasteiger partial charge on any atom is -0.452 e. The third kappa shape index (κ3) is 12.1. The van der Waals surface area contributed by atoms with E-state index in [0.717, 1.165) is 51.4 Å². The Morgan fingerprint density at radius 3 is 1.43 bits per heavy atom. The van der Waals surface area contributed by atoms with Gasteiger partial charge in [-0.2, -0.15) is 0 Å². The van der Waals surface area contributed by atoms with Crippen LogP contribution in [0.5, 0.6) is 0 Å². The van der Waals surface area contributed by atoms with Gasteiger partial charge in [-0.25, -0.2) is 0 Å². The fourth-order valence-corrected chi connectivity index (χ4v) is 6.93. The third-order valence-electron chi connectivity index (χ3n) is 9.96. The first-order valence-electron chi connectivity index (χ1n) is 18.9. The summed E-state index contributed by atoms with van der Waals surface area (Å²) in [6, 6.07) is 0. The van der Waals surface area contributed by atoms with Gasteiger partial charge in [-0.15, -0.1) is 0 Å². The zero-order chi connectivity index (χ0) is 36.3. The van der Waals surface area contributed by atoms with Crippen LogP contribution in [0.3, 0.4) is 0 Å². The maximum atomic E-state index is 13.5. The highest BCUT2D eigenvalue weighted by molar-refractivity contribution is 5.71. The smallest absolute Gasteiger partial charge is 0.308 e. The summed E-state index contributed by atoms with van der Waals surface area (Å²) in [4.78, 5) is 26.7. The van der Waals surface area contributed by atoms with Gasteiger partial charge < -0.3 is 54.7 Å². The molecule has 0 saturated carbocycles. The molecular formula is C36H66O13. The van der Waals surface area contributed by atoms with Gasteiger partial charge in [-0.1, -0.05) is 117 Å². The molecular weight excluding hydrogens is 640 g/mol. The van der Waals surface area contributed by atoms with Crippen molar-refractivity contribution in [3.05, 3.63) is 0 Å². The number of rotatable bonds is 26. The maximum Gasteiger partial charge on any atom is 0.308 e. The predicted octanol–water partition coefficient (Wildman–Crippen LogP) is 2.94. The van der Waals surface area contributed by atoms with E-state index < -0.39 is 85.9 Å². The number of aliphatic hydroxyl groups excluding tert-OH is 7. The van der Waals surface area contributed by atoms with Gasteiger partial charge in [0.25, 0.3) is 5.79 Å². The molecule has 7 N–H and O–H groups in total. The molecule has 0 aromatic heterocycles. The number of aliphatic hydroxyl groups is 7. The molecule has 13 heteroatoms. The van der Waals surface area contributed by atoms with Crippen LogP contribution in [-0.4, -0.2) is 122 Å². The van der Waals surface area contributed by atoms with Gasteiger partial charge in [0, 0.05) is 12.8 Å². The SMILES string of the molecule is CCCCCCCCCCCC(=O)O[C@@H]1[C@@H](O)[C@H](O)[C@@H](CO)O[C@@]1(OC(=O)CCCCCCCCCCC)[C@@]1(CO)O[C@H](CO)[C@@H](O)[C@@H]1O. The Bertz CT molecular complexity index is 921. The Hall–Kier alpha value is -1.42. The minimum atomic E-state index is -2.84. The van der Waals surface area contributed by atoms with Crippen LogP contribution in [-0.2, 0) is 28.5 Å². The highest BCUT2D eigenvalue weighted by Crippen LogP contribution is 2.49. The Labute approximate surface area is 292 Å². The molecule has 2 rings (SSSR count). The lowest BCUT2D eigenvalue weighted by atomic mass is 9.77. The molecule has 0 aromatic rings. The summed E-state index contributed by atoms with van der Waals surface area (Å²) in [6.07, 6.45) is 4.65. The van der Waals surface area contributed by atoms with Crippen LogP contribution >= 0.6 is 0 Å². The van der Waals surface area contributed by atoms with Crippen molar-refractivity contribution >= 4 is 11.9 Å². The van der Waals surface area contributed by atoms with E-state index in [-0.39, 0.29) is 12.8 Å². The second kappa shape index (κ2) is 23.2. The Balaban J connectivity index is 2.26. The van der Waals surface area contributed by atoms with Crippen molar-refractivity contribution in [1.82, 2.24) is 0 Å². The van der Waals surface area contributed by atoms with Crippen LogP contribution in [0.25, 0.3) is 0 Å². The molecule has 0 amide bonds. The van der Waals surface area contributed by atoms with E-state index in [4.69, 9.17) is 18.9 Å². The number of carbonyl (C=O) groups is 2. The number of unbranched alkanes of at least 4 members (excludes halogenated alkanes) is 16. The lowest BCUT2D eigenvalue weighted by molar-refractivity contribution is -0.415. The fourth-order valence-electron chi connectivity index (χ4n) is 6.93. The molecule has 0 spiro atoms. The van der Waals surface area contributed by atoms with Crippen LogP contribution in [0.2, 0.25) is 0 Å². The molecule has 2 aliphatic rings. The van der Waals surface area contributed by atoms with Crippen molar-refractivity contribution in [2.24, 2.45) is 0 Å². The molecule has 49 heavy (non-hydrogen) atoms. The molecule has 0 radical (unpaired) electrons. The maximum absolute atomic E-state index is 13.5. The summed E-state index contributed by atoms with van der Waals surface area (Å²) in [5.74, 6) is -4.58. The molecule has 2 aliphatic heterocycles.